The SMILES string of the molecule is O=C(NCc1ccccc1)c1cccc(CN2CCN(CCC(c3ccccc3)c3ccccc3)CC2)c1. The predicted octanol–water partition coefficient (Wildman–Crippen LogP) is 5.96. The summed E-state index contributed by atoms with van der Waals surface area (Å²) in [5.74, 6) is 0.401. The minimum Gasteiger partial charge on any atom is -0.348 e. The van der Waals surface area contributed by atoms with Gasteiger partial charge in [-0.2, -0.15) is 0 Å². The first kappa shape index (κ1) is 25.9. The lowest BCUT2D eigenvalue weighted by molar-refractivity contribution is 0.0950. The average molecular weight is 504 g/mol. The van der Waals surface area contributed by atoms with Gasteiger partial charge in [0.15, 0.2) is 0 Å². The molecule has 1 saturated heterocycles. The third-order valence-electron chi connectivity index (χ3n) is 7.49. The van der Waals surface area contributed by atoms with Crippen LogP contribution in [0, 0.1) is 0 Å². The van der Waals surface area contributed by atoms with Crippen molar-refractivity contribution in [2.24, 2.45) is 0 Å². The number of nitrogens with one attached hydrogen (secondary N) is 1. The predicted molar refractivity (Wildman–Crippen MR) is 155 cm³/mol. The van der Waals surface area contributed by atoms with E-state index in [1.54, 1.807) is 0 Å². The van der Waals surface area contributed by atoms with Gasteiger partial charge < -0.3 is 10.2 Å². The van der Waals surface area contributed by atoms with E-state index in [1.165, 1.54) is 16.7 Å². The first-order valence-corrected chi connectivity index (χ1v) is 13.7. The van der Waals surface area contributed by atoms with Gasteiger partial charge in [-0.05, 0) is 47.4 Å². The number of carbonyl (C=O) groups is 1. The van der Waals surface area contributed by atoms with Gasteiger partial charge in [0, 0.05) is 50.7 Å². The van der Waals surface area contributed by atoms with Crippen LogP contribution in [0.25, 0.3) is 0 Å². The number of carbonyl (C=O) groups excluding carboxylic acids is 1. The molecule has 0 saturated carbocycles. The zero-order valence-electron chi connectivity index (χ0n) is 22.0. The van der Waals surface area contributed by atoms with E-state index in [0.29, 0.717) is 12.5 Å². The molecule has 1 aliphatic rings. The molecule has 1 heterocycles. The highest BCUT2D eigenvalue weighted by molar-refractivity contribution is 5.94. The first-order valence-electron chi connectivity index (χ1n) is 13.7. The van der Waals surface area contributed by atoms with Crippen LogP contribution >= 0.6 is 0 Å². The molecule has 1 N–H and O–H groups in total. The van der Waals surface area contributed by atoms with Gasteiger partial charge in [-0.3, -0.25) is 9.69 Å². The normalized spacial score (nSPS) is 14.4. The average Bonchev–Trinajstić information content (AvgIpc) is 2.99. The van der Waals surface area contributed by atoms with Crippen LogP contribution in [0.3, 0.4) is 0 Å². The molecular formula is C34H37N3O. The Balaban J connectivity index is 1.11. The van der Waals surface area contributed by atoms with Gasteiger partial charge in [-0.25, -0.2) is 0 Å². The number of rotatable bonds is 10. The van der Waals surface area contributed by atoms with Gasteiger partial charge in [-0.1, -0.05) is 103 Å². The van der Waals surface area contributed by atoms with Gasteiger partial charge in [0.2, 0.25) is 0 Å². The summed E-state index contributed by atoms with van der Waals surface area (Å²) in [6.45, 7) is 6.77. The number of hydrogen-bond donors (Lipinski definition) is 1. The molecule has 0 aliphatic carbocycles. The number of piperazine rings is 1. The third-order valence-corrected chi connectivity index (χ3v) is 7.49. The zero-order valence-corrected chi connectivity index (χ0v) is 22.0. The summed E-state index contributed by atoms with van der Waals surface area (Å²) in [6.07, 6.45) is 1.12. The van der Waals surface area contributed by atoms with Crippen LogP contribution in [-0.4, -0.2) is 48.4 Å². The maximum absolute atomic E-state index is 12.7. The molecule has 5 rings (SSSR count). The van der Waals surface area contributed by atoms with Gasteiger partial charge in [0.05, 0.1) is 0 Å². The topological polar surface area (TPSA) is 35.6 Å². The van der Waals surface area contributed by atoms with Crippen molar-refractivity contribution in [3.05, 3.63) is 143 Å². The minimum absolute atomic E-state index is 0.0214. The maximum Gasteiger partial charge on any atom is 0.251 e. The van der Waals surface area contributed by atoms with E-state index in [0.717, 1.165) is 56.8 Å². The van der Waals surface area contributed by atoms with E-state index in [9.17, 15) is 4.79 Å². The largest absolute Gasteiger partial charge is 0.348 e. The Labute approximate surface area is 226 Å². The molecule has 0 radical (unpaired) electrons. The Bertz CT molecular complexity index is 1230. The highest BCUT2D eigenvalue weighted by atomic mass is 16.1. The summed E-state index contributed by atoms with van der Waals surface area (Å²) >= 11 is 0. The quantitative estimate of drug-likeness (QED) is 0.290. The molecule has 38 heavy (non-hydrogen) atoms. The van der Waals surface area contributed by atoms with E-state index >= 15 is 0 Å². The lowest BCUT2D eigenvalue weighted by Crippen LogP contribution is -2.46. The van der Waals surface area contributed by atoms with Crippen molar-refractivity contribution in [1.29, 1.82) is 0 Å². The Hall–Kier alpha value is -3.73. The van der Waals surface area contributed by atoms with E-state index in [-0.39, 0.29) is 5.91 Å². The second-order valence-electron chi connectivity index (χ2n) is 10.1. The van der Waals surface area contributed by atoms with Crippen molar-refractivity contribution in [2.75, 3.05) is 32.7 Å². The van der Waals surface area contributed by atoms with Crippen molar-refractivity contribution in [2.45, 2.75) is 25.4 Å². The maximum atomic E-state index is 12.7. The number of hydrogen-bond acceptors (Lipinski definition) is 3. The number of nitrogens with zero attached hydrogens (tertiary/aromatic N) is 2. The zero-order chi connectivity index (χ0) is 26.0. The molecule has 4 aromatic rings. The smallest absolute Gasteiger partial charge is 0.251 e. The van der Waals surface area contributed by atoms with Crippen molar-refractivity contribution in [3.8, 4) is 0 Å². The minimum atomic E-state index is -0.0214. The lowest BCUT2D eigenvalue weighted by Gasteiger charge is -2.35. The number of benzene rings is 4. The van der Waals surface area contributed by atoms with Crippen molar-refractivity contribution < 1.29 is 4.79 Å². The fraction of sp³-hybridized carbons (Fsp3) is 0.265. The van der Waals surface area contributed by atoms with Crippen molar-refractivity contribution in [3.63, 3.8) is 0 Å². The van der Waals surface area contributed by atoms with Crippen LogP contribution < -0.4 is 5.32 Å². The van der Waals surface area contributed by atoms with E-state index in [1.807, 2.05) is 48.5 Å². The van der Waals surface area contributed by atoms with Gasteiger partial charge >= 0.3 is 0 Å². The molecule has 0 aromatic heterocycles. The highest BCUT2D eigenvalue weighted by Gasteiger charge is 2.20. The van der Waals surface area contributed by atoms with Gasteiger partial charge in [0.25, 0.3) is 5.91 Å². The number of amides is 1. The Kier molecular flexibility index (Phi) is 8.98. The molecule has 4 nitrogen and oxygen atoms in total. The summed E-state index contributed by atoms with van der Waals surface area (Å²) < 4.78 is 0. The second-order valence-corrected chi connectivity index (χ2v) is 10.1. The summed E-state index contributed by atoms with van der Waals surface area (Å²) in [7, 11) is 0. The van der Waals surface area contributed by atoms with E-state index in [4.69, 9.17) is 0 Å². The molecule has 0 unspecified atom stereocenters. The molecular weight excluding hydrogens is 466 g/mol. The monoisotopic (exact) mass is 503 g/mol. The molecule has 0 spiro atoms. The summed E-state index contributed by atoms with van der Waals surface area (Å²) in [4.78, 5) is 17.8. The van der Waals surface area contributed by atoms with Crippen LogP contribution in [0.4, 0.5) is 0 Å². The molecule has 4 heteroatoms. The summed E-state index contributed by atoms with van der Waals surface area (Å²) in [6, 6.07) is 39.9. The third kappa shape index (κ3) is 7.18. The fourth-order valence-corrected chi connectivity index (χ4v) is 5.33. The van der Waals surface area contributed by atoms with Crippen LogP contribution in [0.5, 0.6) is 0 Å². The molecule has 0 bridgehead atoms. The Morgan fingerprint density at radius 2 is 1.21 bits per heavy atom. The lowest BCUT2D eigenvalue weighted by atomic mass is 9.88. The van der Waals surface area contributed by atoms with Crippen LogP contribution in [0.1, 0.15) is 45.0 Å². The molecule has 1 amide bonds. The summed E-state index contributed by atoms with van der Waals surface area (Å²) in [5, 5.41) is 3.04. The standard InChI is InChI=1S/C34H37N3O/c38-34(35-26-28-11-4-1-5-12-28)32-18-10-13-29(25-32)27-37-23-21-36(22-24-37)20-19-33(30-14-6-2-7-15-30)31-16-8-3-9-17-31/h1-18,25,33H,19-24,26-27H2,(H,35,38). The first-order chi connectivity index (χ1) is 18.7. The highest BCUT2D eigenvalue weighted by Crippen LogP contribution is 2.28. The molecule has 4 aromatic carbocycles. The van der Waals surface area contributed by atoms with Crippen LogP contribution in [0.15, 0.2) is 115 Å². The fourth-order valence-electron chi connectivity index (χ4n) is 5.33. The summed E-state index contributed by atoms with van der Waals surface area (Å²) in [5.41, 5.74) is 5.81. The van der Waals surface area contributed by atoms with E-state index < -0.39 is 0 Å². The molecule has 1 fully saturated rings. The van der Waals surface area contributed by atoms with Crippen molar-refractivity contribution in [1.82, 2.24) is 15.1 Å². The molecule has 1 aliphatic heterocycles. The molecule has 0 atom stereocenters. The van der Waals surface area contributed by atoms with E-state index in [2.05, 4.69) is 81.8 Å². The van der Waals surface area contributed by atoms with Gasteiger partial charge in [-0.15, -0.1) is 0 Å². The second kappa shape index (κ2) is 13.2. The van der Waals surface area contributed by atoms with Crippen LogP contribution in [-0.2, 0) is 13.1 Å². The van der Waals surface area contributed by atoms with Crippen LogP contribution in [0.2, 0.25) is 0 Å². The van der Waals surface area contributed by atoms with Crippen molar-refractivity contribution >= 4 is 5.91 Å². The Morgan fingerprint density at radius 3 is 1.84 bits per heavy atom. The van der Waals surface area contributed by atoms with Gasteiger partial charge in [0.1, 0.15) is 0 Å². The molecule has 194 valence electrons. The Morgan fingerprint density at radius 1 is 0.658 bits per heavy atom.